The van der Waals surface area contributed by atoms with Gasteiger partial charge in [0.2, 0.25) is 0 Å². The largest absolute Gasteiger partial charge is 0.330 e. The van der Waals surface area contributed by atoms with Gasteiger partial charge in [-0.1, -0.05) is 6.92 Å². The SMILES string of the molecule is CCC(CCN)SC. The lowest BCUT2D eigenvalue weighted by molar-refractivity contribution is 0.747. The summed E-state index contributed by atoms with van der Waals surface area (Å²) in [7, 11) is 0. The highest BCUT2D eigenvalue weighted by Crippen LogP contribution is 2.12. The molecule has 0 aromatic carbocycles. The number of nitrogens with two attached hydrogens (primary N) is 1. The van der Waals surface area contributed by atoms with Gasteiger partial charge in [0.1, 0.15) is 0 Å². The molecule has 0 rings (SSSR count). The third-order valence-electron chi connectivity index (χ3n) is 1.28. The lowest BCUT2D eigenvalue weighted by Crippen LogP contribution is -2.08. The Labute approximate surface area is 56.0 Å². The highest BCUT2D eigenvalue weighted by Gasteiger charge is 1.99. The van der Waals surface area contributed by atoms with Gasteiger partial charge in [0.05, 0.1) is 0 Å². The van der Waals surface area contributed by atoms with Crippen molar-refractivity contribution in [2.24, 2.45) is 5.73 Å². The maximum Gasteiger partial charge on any atom is 0.00536 e. The summed E-state index contributed by atoms with van der Waals surface area (Å²) < 4.78 is 0. The van der Waals surface area contributed by atoms with E-state index in [9.17, 15) is 0 Å². The predicted molar refractivity (Wildman–Crippen MR) is 41.3 cm³/mol. The minimum Gasteiger partial charge on any atom is -0.330 e. The summed E-state index contributed by atoms with van der Waals surface area (Å²) in [5.41, 5.74) is 5.37. The van der Waals surface area contributed by atoms with Gasteiger partial charge in [-0.15, -0.1) is 0 Å². The molecule has 2 N–H and O–H groups in total. The molecule has 8 heavy (non-hydrogen) atoms. The molecule has 0 bridgehead atoms. The zero-order valence-electron chi connectivity index (χ0n) is 5.68. The molecule has 0 aliphatic heterocycles. The van der Waals surface area contributed by atoms with Gasteiger partial charge in [0.15, 0.2) is 0 Å². The van der Waals surface area contributed by atoms with Crippen LogP contribution in [0, 0.1) is 0 Å². The average Bonchev–Trinajstić information content (AvgIpc) is 1.83. The van der Waals surface area contributed by atoms with Crippen molar-refractivity contribution >= 4 is 11.8 Å². The molecule has 0 saturated heterocycles. The van der Waals surface area contributed by atoms with Crippen LogP contribution in [0.15, 0.2) is 0 Å². The van der Waals surface area contributed by atoms with E-state index in [1.165, 1.54) is 6.42 Å². The maximum atomic E-state index is 5.37. The minimum absolute atomic E-state index is 0.792. The standard InChI is InChI=1S/C6H15NS/c1-3-6(8-2)4-5-7/h6H,3-5,7H2,1-2H3. The van der Waals surface area contributed by atoms with Crippen LogP contribution in [0.4, 0.5) is 0 Å². The van der Waals surface area contributed by atoms with E-state index in [1.54, 1.807) is 0 Å². The van der Waals surface area contributed by atoms with Gasteiger partial charge in [-0.25, -0.2) is 0 Å². The quantitative estimate of drug-likeness (QED) is 0.628. The van der Waals surface area contributed by atoms with E-state index >= 15 is 0 Å². The Morgan fingerprint density at radius 2 is 2.25 bits per heavy atom. The highest BCUT2D eigenvalue weighted by atomic mass is 32.2. The van der Waals surface area contributed by atoms with E-state index in [2.05, 4.69) is 13.2 Å². The second-order valence-electron chi connectivity index (χ2n) is 1.84. The van der Waals surface area contributed by atoms with Gasteiger partial charge >= 0.3 is 0 Å². The van der Waals surface area contributed by atoms with E-state index in [-0.39, 0.29) is 0 Å². The Morgan fingerprint density at radius 3 is 2.38 bits per heavy atom. The van der Waals surface area contributed by atoms with E-state index in [0.717, 1.165) is 18.2 Å². The van der Waals surface area contributed by atoms with Gasteiger partial charge in [0.25, 0.3) is 0 Å². The lowest BCUT2D eigenvalue weighted by atomic mass is 10.2. The molecule has 50 valence electrons. The molecule has 1 nitrogen and oxygen atoms in total. The first-order valence-corrected chi connectivity index (χ1v) is 4.36. The van der Waals surface area contributed by atoms with Gasteiger partial charge < -0.3 is 5.73 Å². The number of hydrogen-bond acceptors (Lipinski definition) is 2. The molecule has 0 spiro atoms. The number of thioether (sulfide) groups is 1. The van der Waals surface area contributed by atoms with Crippen molar-refractivity contribution in [3.05, 3.63) is 0 Å². The zero-order valence-corrected chi connectivity index (χ0v) is 6.50. The van der Waals surface area contributed by atoms with Crippen molar-refractivity contribution < 1.29 is 0 Å². The maximum absolute atomic E-state index is 5.37. The van der Waals surface area contributed by atoms with Gasteiger partial charge in [-0.3, -0.25) is 0 Å². The Kier molecular flexibility index (Phi) is 5.66. The van der Waals surface area contributed by atoms with Gasteiger partial charge in [-0.05, 0) is 25.6 Å². The topological polar surface area (TPSA) is 26.0 Å². The number of rotatable bonds is 4. The summed E-state index contributed by atoms with van der Waals surface area (Å²) in [6.45, 7) is 3.04. The van der Waals surface area contributed by atoms with E-state index in [4.69, 9.17) is 5.73 Å². The summed E-state index contributed by atoms with van der Waals surface area (Å²) in [4.78, 5) is 0. The van der Waals surface area contributed by atoms with Crippen LogP contribution in [0.25, 0.3) is 0 Å². The predicted octanol–water partition coefficient (Wildman–Crippen LogP) is 1.48. The third kappa shape index (κ3) is 3.33. The van der Waals surface area contributed by atoms with Crippen LogP contribution in [0.5, 0.6) is 0 Å². The fourth-order valence-corrected chi connectivity index (χ4v) is 1.38. The van der Waals surface area contributed by atoms with Crippen LogP contribution in [-0.2, 0) is 0 Å². The first-order valence-electron chi connectivity index (χ1n) is 3.08. The normalized spacial score (nSPS) is 13.9. The summed E-state index contributed by atoms with van der Waals surface area (Å²) in [5, 5.41) is 0.792. The van der Waals surface area contributed by atoms with Crippen molar-refractivity contribution in [2.75, 3.05) is 12.8 Å². The third-order valence-corrected chi connectivity index (χ3v) is 2.51. The molecular weight excluding hydrogens is 118 g/mol. The fourth-order valence-electron chi connectivity index (χ4n) is 0.675. The molecule has 2 heteroatoms. The van der Waals surface area contributed by atoms with Crippen LogP contribution < -0.4 is 5.73 Å². The molecule has 0 radical (unpaired) electrons. The first kappa shape index (κ1) is 8.31. The Bertz CT molecular complexity index is 43.8. The minimum atomic E-state index is 0.792. The molecule has 0 fully saturated rings. The molecule has 0 amide bonds. The Hall–Kier alpha value is 0.310. The smallest absolute Gasteiger partial charge is 0.00536 e. The summed E-state index contributed by atoms with van der Waals surface area (Å²) in [5.74, 6) is 0. The molecule has 0 heterocycles. The van der Waals surface area contributed by atoms with Crippen LogP contribution in [0.1, 0.15) is 19.8 Å². The molecule has 1 atom stereocenters. The monoisotopic (exact) mass is 133 g/mol. The average molecular weight is 133 g/mol. The second kappa shape index (κ2) is 5.45. The summed E-state index contributed by atoms with van der Waals surface area (Å²) >= 11 is 1.91. The zero-order chi connectivity index (χ0) is 6.41. The van der Waals surface area contributed by atoms with Crippen molar-refractivity contribution in [1.29, 1.82) is 0 Å². The van der Waals surface area contributed by atoms with E-state index in [0.29, 0.717) is 0 Å². The molecule has 0 aromatic rings. The molecule has 1 unspecified atom stereocenters. The number of hydrogen-bond donors (Lipinski definition) is 1. The van der Waals surface area contributed by atoms with E-state index in [1.807, 2.05) is 11.8 Å². The van der Waals surface area contributed by atoms with Crippen molar-refractivity contribution in [3.63, 3.8) is 0 Å². The Balaban J connectivity index is 3.07. The first-order chi connectivity index (χ1) is 3.85. The molecule has 0 aliphatic rings. The van der Waals surface area contributed by atoms with Crippen molar-refractivity contribution in [3.8, 4) is 0 Å². The summed E-state index contributed by atoms with van der Waals surface area (Å²) in [6.07, 6.45) is 4.56. The summed E-state index contributed by atoms with van der Waals surface area (Å²) in [6, 6.07) is 0. The van der Waals surface area contributed by atoms with Crippen LogP contribution in [-0.4, -0.2) is 18.1 Å². The van der Waals surface area contributed by atoms with Crippen LogP contribution in [0.3, 0.4) is 0 Å². The van der Waals surface area contributed by atoms with Crippen molar-refractivity contribution in [2.45, 2.75) is 25.0 Å². The van der Waals surface area contributed by atoms with Crippen molar-refractivity contribution in [1.82, 2.24) is 0 Å². The van der Waals surface area contributed by atoms with E-state index < -0.39 is 0 Å². The molecule has 0 aliphatic carbocycles. The Morgan fingerprint density at radius 1 is 1.62 bits per heavy atom. The highest BCUT2D eigenvalue weighted by molar-refractivity contribution is 7.99. The van der Waals surface area contributed by atoms with Crippen LogP contribution >= 0.6 is 11.8 Å². The molecular formula is C6H15NS. The fraction of sp³-hybridized carbons (Fsp3) is 1.00. The second-order valence-corrected chi connectivity index (χ2v) is 2.98. The molecule has 0 aromatic heterocycles. The van der Waals surface area contributed by atoms with Gasteiger partial charge in [0, 0.05) is 5.25 Å². The lowest BCUT2D eigenvalue weighted by Gasteiger charge is -2.07. The molecule has 0 saturated carbocycles. The van der Waals surface area contributed by atoms with Gasteiger partial charge in [-0.2, -0.15) is 11.8 Å². The van der Waals surface area contributed by atoms with Crippen LogP contribution in [0.2, 0.25) is 0 Å².